The van der Waals surface area contributed by atoms with Gasteiger partial charge in [0.15, 0.2) is 0 Å². The molecule has 118 heavy (non-hydrogen) atoms. The topological polar surface area (TPSA) is 275 Å². The summed E-state index contributed by atoms with van der Waals surface area (Å²) in [5.41, 5.74) is 60.7. The van der Waals surface area contributed by atoms with Crippen LogP contribution in [0.4, 0.5) is 8.78 Å². The van der Waals surface area contributed by atoms with Gasteiger partial charge in [-0.3, -0.25) is 0 Å². The van der Waals surface area contributed by atoms with Crippen LogP contribution in [0.25, 0.3) is 0 Å². The molecule has 18 rings (SSSR count). The molecule has 0 unspecified atom stereocenters. The molecule has 9 atom stereocenters. The van der Waals surface area contributed by atoms with Crippen molar-refractivity contribution < 1.29 is 51.4 Å². The molecular formula is C95H122Cl3F2N9O9. The molecule has 9 aromatic rings. The van der Waals surface area contributed by atoms with Gasteiger partial charge in [0.05, 0.1) is 114 Å². The Kier molecular flexibility index (Phi) is 37.9. The van der Waals surface area contributed by atoms with Crippen LogP contribution in [0.15, 0.2) is 164 Å². The molecule has 15 N–H and O–H groups in total. The molecule has 0 aromatic heterocycles. The molecule has 0 saturated heterocycles. The van der Waals surface area contributed by atoms with Gasteiger partial charge in [0.1, 0.15) is 11.6 Å². The Morgan fingerprint density at radius 2 is 0.602 bits per heavy atom. The highest BCUT2D eigenvalue weighted by molar-refractivity contribution is 6.32. The first kappa shape index (κ1) is 93.3. The highest BCUT2D eigenvalue weighted by Gasteiger charge is 2.30. The SMILES string of the molecule is CNC[C@@H]1OCc2cccc(F)c21.CNC[C@H]1OCCc2ccc(Cl)cc21.CNC[C@H]1OCc2cccc(F)c21.Cc1cccc2c1CCO[C@@H]2CN.Cc1cccc2c1CCO[C@H]2CN.Cc1cccc2c1[C@@H](CN)OCC2.Cc1cccc2c1[C@H](CN)OCC2.NC[C@@H]1OCCc2cccc(Cl)c21.NC[C@H]1OCCc2cccc(Cl)c21. The molecule has 9 aliphatic heterocycles. The van der Waals surface area contributed by atoms with Crippen molar-refractivity contribution >= 4 is 34.8 Å². The molecule has 23 heteroatoms. The van der Waals surface area contributed by atoms with Crippen molar-refractivity contribution in [1.29, 1.82) is 0 Å². The van der Waals surface area contributed by atoms with Gasteiger partial charge in [0.2, 0.25) is 0 Å². The number of likely N-dealkylation sites (N-methyl/N-ethyl adjacent to an activating group) is 3. The van der Waals surface area contributed by atoms with Crippen LogP contribution in [0.2, 0.25) is 15.1 Å². The maximum atomic E-state index is 13.4. The number of hydrogen-bond acceptors (Lipinski definition) is 18. The van der Waals surface area contributed by atoms with E-state index in [1.807, 2.05) is 69.7 Å². The van der Waals surface area contributed by atoms with Crippen LogP contribution in [0.5, 0.6) is 0 Å². The van der Waals surface area contributed by atoms with E-state index in [1.54, 1.807) is 12.1 Å². The summed E-state index contributed by atoms with van der Waals surface area (Å²) in [4.78, 5) is 0. The summed E-state index contributed by atoms with van der Waals surface area (Å²) in [5.74, 6) is -0.314. The number of nitrogens with two attached hydrogens (primary N) is 6. The zero-order valence-electron chi connectivity index (χ0n) is 69.5. The molecule has 0 saturated carbocycles. The molecule has 9 aliphatic rings. The van der Waals surface area contributed by atoms with Crippen LogP contribution < -0.4 is 50.4 Å². The minimum Gasteiger partial charge on any atom is -0.372 e. The first-order chi connectivity index (χ1) is 57.4. The molecule has 0 fully saturated rings. The van der Waals surface area contributed by atoms with Gasteiger partial charge in [0.25, 0.3) is 0 Å². The molecule has 0 amide bonds. The highest BCUT2D eigenvalue weighted by atomic mass is 35.5. The predicted octanol–water partition coefficient (Wildman–Crippen LogP) is 15.5. The lowest BCUT2D eigenvalue weighted by molar-refractivity contribution is 0.0438. The third kappa shape index (κ3) is 24.7. The van der Waals surface area contributed by atoms with Crippen LogP contribution in [0.3, 0.4) is 0 Å². The Morgan fingerprint density at radius 3 is 0.992 bits per heavy atom. The van der Waals surface area contributed by atoms with Gasteiger partial charge in [-0.25, -0.2) is 8.78 Å². The number of fused-ring (bicyclic) bond motifs is 9. The minimum atomic E-state index is -0.157. The average molecular weight is 1680 g/mol. The number of halogens is 5. The van der Waals surface area contributed by atoms with Crippen LogP contribution >= 0.6 is 34.8 Å². The zero-order valence-corrected chi connectivity index (χ0v) is 71.8. The fraction of sp³-hybridized carbons (Fsp3) is 0.432. The summed E-state index contributed by atoms with van der Waals surface area (Å²) in [6, 6.07) is 53.7. The lowest BCUT2D eigenvalue weighted by Crippen LogP contribution is -2.25. The molecule has 636 valence electrons. The second-order valence-corrected chi connectivity index (χ2v) is 31.4. The van der Waals surface area contributed by atoms with Gasteiger partial charge in [0, 0.05) is 96.2 Å². The third-order valence-corrected chi connectivity index (χ3v) is 23.4. The van der Waals surface area contributed by atoms with Crippen LogP contribution in [-0.4, -0.2) is 126 Å². The summed E-state index contributed by atoms with van der Waals surface area (Å²) >= 11 is 18.1. The summed E-state index contributed by atoms with van der Waals surface area (Å²) < 4.78 is 76.7. The lowest BCUT2D eigenvalue weighted by atomic mass is 9.93. The number of rotatable bonds is 12. The summed E-state index contributed by atoms with van der Waals surface area (Å²) in [6.45, 7) is 20.6. The van der Waals surface area contributed by atoms with E-state index in [9.17, 15) is 8.78 Å². The minimum absolute atomic E-state index is 0.0163. The maximum Gasteiger partial charge on any atom is 0.129 e. The van der Waals surface area contributed by atoms with Crippen LogP contribution in [0.1, 0.15) is 177 Å². The molecule has 0 aliphatic carbocycles. The van der Waals surface area contributed by atoms with E-state index in [1.165, 1.54) is 101 Å². The first-order valence-corrected chi connectivity index (χ1v) is 42.5. The number of nitrogens with one attached hydrogen (secondary N) is 3. The average Bonchev–Trinajstić information content (AvgIpc) is 1.78. The summed E-state index contributed by atoms with van der Waals surface area (Å²) in [7, 11) is 5.60. The molecule has 9 aromatic carbocycles. The lowest BCUT2D eigenvalue weighted by Gasteiger charge is -2.26. The van der Waals surface area contributed by atoms with Crippen molar-refractivity contribution in [2.75, 3.05) is 126 Å². The first-order valence-electron chi connectivity index (χ1n) is 41.3. The largest absolute Gasteiger partial charge is 0.372 e. The van der Waals surface area contributed by atoms with Gasteiger partial charge in [-0.15, -0.1) is 0 Å². The Hall–Kier alpha value is -7.01. The molecule has 0 bridgehead atoms. The van der Waals surface area contributed by atoms with Gasteiger partial charge < -0.3 is 93.0 Å². The Morgan fingerprint density at radius 1 is 0.297 bits per heavy atom. The monoisotopic (exact) mass is 1680 g/mol. The van der Waals surface area contributed by atoms with Gasteiger partial charge in [-0.1, -0.05) is 162 Å². The van der Waals surface area contributed by atoms with E-state index in [4.69, 9.17) is 112 Å². The van der Waals surface area contributed by atoms with E-state index >= 15 is 0 Å². The predicted molar refractivity (Wildman–Crippen MR) is 470 cm³/mol. The second kappa shape index (κ2) is 48.0. The molecule has 0 spiro atoms. The smallest absolute Gasteiger partial charge is 0.129 e. The molecular weight excluding hydrogens is 1560 g/mol. The van der Waals surface area contributed by atoms with Crippen LogP contribution in [0, 0.1) is 39.3 Å². The number of benzene rings is 9. The third-order valence-electron chi connectivity index (χ3n) is 22.5. The quantitative estimate of drug-likeness (QED) is 0.0550. The van der Waals surface area contributed by atoms with E-state index in [-0.39, 0.29) is 66.6 Å². The van der Waals surface area contributed by atoms with E-state index in [2.05, 4.69) is 135 Å². The Bertz CT molecular complexity index is 4260. The van der Waals surface area contributed by atoms with Crippen LogP contribution in [-0.2, 0) is 101 Å². The van der Waals surface area contributed by atoms with Gasteiger partial charge in [-0.05, 0) is 230 Å². The summed E-state index contributed by atoms with van der Waals surface area (Å²) in [5, 5.41) is 11.4. The van der Waals surface area contributed by atoms with Crippen molar-refractivity contribution in [3.8, 4) is 0 Å². The molecule has 0 radical (unpaired) electrons. The zero-order chi connectivity index (χ0) is 84.0. The van der Waals surface area contributed by atoms with Crippen molar-refractivity contribution in [2.45, 2.75) is 141 Å². The molecule has 9 heterocycles. The Balaban J connectivity index is 0.000000140. The highest BCUT2D eigenvalue weighted by Crippen LogP contribution is 2.39. The normalized spacial score (nSPS) is 20.9. The number of ether oxygens (including phenoxy) is 9. The molecule has 18 nitrogen and oxygen atoms in total. The van der Waals surface area contributed by atoms with Crippen molar-refractivity contribution in [3.05, 3.63) is 313 Å². The second-order valence-electron chi connectivity index (χ2n) is 30.1. The van der Waals surface area contributed by atoms with Gasteiger partial charge in [-0.2, -0.15) is 0 Å². The number of aryl methyl sites for hydroxylation is 4. The van der Waals surface area contributed by atoms with E-state index < -0.39 is 0 Å². The van der Waals surface area contributed by atoms with E-state index in [0.29, 0.717) is 65.6 Å². The Labute approximate surface area is 712 Å². The fourth-order valence-electron chi connectivity index (χ4n) is 16.6. The van der Waals surface area contributed by atoms with Crippen molar-refractivity contribution in [2.24, 2.45) is 34.4 Å². The fourth-order valence-corrected chi connectivity index (χ4v) is 17.4. The van der Waals surface area contributed by atoms with E-state index in [0.717, 1.165) is 146 Å². The maximum absolute atomic E-state index is 13.4. The van der Waals surface area contributed by atoms with Crippen molar-refractivity contribution in [1.82, 2.24) is 16.0 Å². The van der Waals surface area contributed by atoms with Gasteiger partial charge >= 0.3 is 0 Å². The standard InChI is InChI=1S/C11H14ClNO.4C11H15NO.2C10H12ClNO.2C10H12FNO/c1-13-7-11-10-6-9(12)3-2-8(10)4-5-14-11;2*1-8-3-2-4-10-9(8)5-6-13-11(10)7-12;2*1-8-3-2-4-9-5-6-13-10(7-12)11(8)9;2*11-8-3-1-2-7-4-5-13-9(6-12)10(7)8;2*1-12-5-9-10-7(6-13-9)3-2-4-8(10)11/h2-3,6,11,13H,4-5,7H2,1H3;2*2-4,11H,5-7,12H2,1H3;2*2-4,10H,5-7,12H2,1H3;2*1-3,9H,4-6,12H2;2*2-4,9,12H,5-6H2,1H3/t3*11-;2*10-;4*9-/m110101010/s1. The van der Waals surface area contributed by atoms with Crippen molar-refractivity contribution in [3.63, 3.8) is 0 Å². The number of hydrogen-bond donors (Lipinski definition) is 9. The summed E-state index contributed by atoms with van der Waals surface area (Å²) in [6.07, 6.45) is 7.30.